The maximum absolute atomic E-state index is 13.7. The number of aliphatic hydroxyl groups is 2. The highest BCUT2D eigenvalue weighted by Crippen LogP contribution is 2.38. The largest absolute Gasteiger partial charge is 0.495 e. The number of aryl methyl sites for hydroxylation is 1. The van der Waals surface area contributed by atoms with Crippen molar-refractivity contribution in [1.29, 1.82) is 0 Å². The van der Waals surface area contributed by atoms with Gasteiger partial charge in [-0.1, -0.05) is 65.9 Å². The van der Waals surface area contributed by atoms with Gasteiger partial charge in [0.15, 0.2) is 29.1 Å². The molecule has 1 saturated carbocycles. The number of esters is 1. The minimum absolute atomic E-state index is 0.0460. The number of ether oxygens (including phenoxy) is 3. The van der Waals surface area contributed by atoms with E-state index >= 15 is 0 Å². The smallest absolute Gasteiger partial charge is 0.331 e. The van der Waals surface area contributed by atoms with Crippen molar-refractivity contribution in [3.63, 3.8) is 0 Å². The van der Waals surface area contributed by atoms with E-state index in [-0.39, 0.29) is 78.5 Å². The van der Waals surface area contributed by atoms with Gasteiger partial charge in [-0.05, 0) is 86.3 Å². The first-order valence-electron chi connectivity index (χ1n) is 20.9. The molecule has 60 heavy (non-hydrogen) atoms. The topological polar surface area (TPSA) is 181 Å². The maximum atomic E-state index is 13.7. The Labute approximate surface area is 355 Å². The molecule has 326 valence electrons. The van der Waals surface area contributed by atoms with Crippen molar-refractivity contribution in [2.45, 2.75) is 105 Å². The fourth-order valence-electron chi connectivity index (χ4n) is 8.12. The lowest BCUT2D eigenvalue weighted by atomic mass is 9.75. The number of aromatic amines is 1. The van der Waals surface area contributed by atoms with E-state index in [1.165, 1.54) is 22.7 Å². The Morgan fingerprint density at radius 3 is 2.37 bits per heavy atom. The zero-order chi connectivity index (χ0) is 43.3. The monoisotopic (exact) mass is 848 g/mol. The van der Waals surface area contributed by atoms with Crippen molar-refractivity contribution < 1.29 is 42.4 Å². The summed E-state index contributed by atoms with van der Waals surface area (Å²) in [6.45, 7) is 17.7. The van der Waals surface area contributed by atoms with Crippen LogP contribution < -0.4 is 18.4 Å². The SMILES string of the molecule is [C-]#[N+]c1cn2[nH]c(-c3ccc(OC)c(NS(=O)Oc4cc(C)ccc4OC(CCCCCCCC)C(=O)N(CCO)CCO)c3)nc2c1C(=O)OC1C(C)CC(C)CC1C. The third-order valence-corrected chi connectivity index (χ3v) is 11.7. The first kappa shape index (κ1) is 46.0. The van der Waals surface area contributed by atoms with Crippen LogP contribution in [0.1, 0.15) is 101 Å². The van der Waals surface area contributed by atoms with E-state index in [0.717, 1.165) is 56.9 Å². The molecule has 0 radical (unpaired) electrons. The Morgan fingerprint density at radius 1 is 1.02 bits per heavy atom. The van der Waals surface area contributed by atoms with Gasteiger partial charge in [0.25, 0.3) is 5.91 Å². The predicted octanol–water partition coefficient (Wildman–Crippen LogP) is 7.81. The van der Waals surface area contributed by atoms with Crippen molar-refractivity contribution >= 4 is 40.2 Å². The quantitative estimate of drug-likeness (QED) is 0.0346. The number of amides is 1. The number of methoxy groups -OCH3 is 1. The summed E-state index contributed by atoms with van der Waals surface area (Å²) in [5, 5.41) is 22.4. The van der Waals surface area contributed by atoms with Gasteiger partial charge in [0.1, 0.15) is 17.4 Å². The van der Waals surface area contributed by atoms with Crippen LogP contribution in [0.4, 0.5) is 11.4 Å². The first-order valence-corrected chi connectivity index (χ1v) is 22.0. The van der Waals surface area contributed by atoms with Crippen LogP contribution in [-0.2, 0) is 20.8 Å². The van der Waals surface area contributed by atoms with Gasteiger partial charge in [0, 0.05) is 24.8 Å². The second kappa shape index (κ2) is 21.9. The highest BCUT2D eigenvalue weighted by Gasteiger charge is 2.36. The Bertz CT molecular complexity index is 2110. The molecular weight excluding hydrogens is 789 g/mol. The average molecular weight is 849 g/mol. The number of unbranched alkanes of at least 4 members (excludes halogenated alkanes) is 5. The molecule has 1 aliphatic rings. The molecule has 1 aliphatic carbocycles. The standard InChI is InChI=1S/C44H60N6O9S/c1-8-9-10-11-12-13-14-37(43(53)49(19-21-51)20-22-52)57-36-17-15-28(2)25-38(36)59-60(55)48-33-26-32(16-18-35(33)56-7)41-46-42-39(34(45-6)27-50(42)47-41)44(54)58-40-30(4)23-29(3)24-31(40)5/h15-18,25-27,29-31,37,40,48,51-52H,8-14,19-24H2,1-5,7H3,(H,46,47). The van der Waals surface area contributed by atoms with Crippen LogP contribution in [0.2, 0.25) is 0 Å². The van der Waals surface area contributed by atoms with Crippen molar-refractivity contribution in [2.24, 2.45) is 17.8 Å². The molecule has 2 heterocycles. The van der Waals surface area contributed by atoms with Gasteiger partial charge in [0.2, 0.25) is 5.69 Å². The van der Waals surface area contributed by atoms with Crippen LogP contribution in [-0.4, -0.2) is 91.4 Å². The minimum Gasteiger partial charge on any atom is -0.495 e. The molecule has 16 heteroatoms. The number of anilines is 1. The zero-order valence-corrected chi connectivity index (χ0v) is 36.4. The summed E-state index contributed by atoms with van der Waals surface area (Å²) >= 11 is -2.20. The van der Waals surface area contributed by atoms with Crippen molar-refractivity contribution in [1.82, 2.24) is 19.5 Å². The second-order valence-corrected chi connectivity index (χ2v) is 16.7. The summed E-state index contributed by atoms with van der Waals surface area (Å²) in [5.41, 5.74) is 2.13. The Hall–Kier alpha value is -5.11. The zero-order valence-electron chi connectivity index (χ0n) is 35.6. The number of nitrogens with zero attached hydrogens (tertiary/aromatic N) is 4. The second-order valence-electron chi connectivity index (χ2n) is 15.9. The summed E-state index contributed by atoms with van der Waals surface area (Å²) in [7, 11) is 1.48. The van der Waals surface area contributed by atoms with E-state index < -0.39 is 23.3 Å². The van der Waals surface area contributed by atoms with Crippen molar-refractivity contribution in [3.8, 4) is 28.6 Å². The molecule has 0 aliphatic heterocycles. The highest BCUT2D eigenvalue weighted by atomic mass is 32.2. The number of nitrogens with one attached hydrogen (secondary N) is 2. The molecule has 1 amide bonds. The number of aromatic nitrogens is 3. The fraction of sp³-hybridized carbons (Fsp3) is 0.545. The third kappa shape index (κ3) is 11.6. The van der Waals surface area contributed by atoms with Crippen molar-refractivity contribution in [2.75, 3.05) is 38.1 Å². The van der Waals surface area contributed by atoms with E-state index in [0.29, 0.717) is 35.2 Å². The normalized spacial score (nSPS) is 18.6. The molecule has 4 aromatic rings. The predicted molar refractivity (Wildman–Crippen MR) is 230 cm³/mol. The summed E-state index contributed by atoms with van der Waals surface area (Å²) in [6, 6.07) is 10.2. The van der Waals surface area contributed by atoms with E-state index in [9.17, 15) is 24.0 Å². The number of carbonyl (C=O) groups is 2. The van der Waals surface area contributed by atoms with Gasteiger partial charge in [-0.2, -0.15) is 4.21 Å². The third-order valence-electron chi connectivity index (χ3n) is 11.0. The molecular formula is C44H60N6O9S. The van der Waals surface area contributed by atoms with E-state index in [1.807, 2.05) is 6.92 Å². The lowest BCUT2D eigenvalue weighted by Gasteiger charge is -2.37. The molecule has 2 aromatic carbocycles. The molecule has 4 atom stereocenters. The molecule has 4 unspecified atom stereocenters. The van der Waals surface area contributed by atoms with Crippen LogP contribution in [0.3, 0.4) is 0 Å². The molecule has 1 fully saturated rings. The van der Waals surface area contributed by atoms with Gasteiger partial charge in [-0.15, -0.1) is 0 Å². The van der Waals surface area contributed by atoms with E-state index in [4.69, 9.17) is 29.9 Å². The molecule has 2 aromatic heterocycles. The number of aliphatic hydroxyl groups excluding tert-OH is 2. The van der Waals surface area contributed by atoms with Crippen LogP contribution >= 0.6 is 0 Å². The lowest BCUT2D eigenvalue weighted by Crippen LogP contribution is -2.44. The summed E-state index contributed by atoms with van der Waals surface area (Å²) < 4.78 is 42.0. The number of H-pyrrole nitrogens is 1. The number of hydrogen-bond acceptors (Lipinski definition) is 10. The number of benzene rings is 2. The van der Waals surface area contributed by atoms with Gasteiger partial charge in [-0.25, -0.2) is 14.6 Å². The van der Waals surface area contributed by atoms with Crippen LogP contribution in [0.5, 0.6) is 17.2 Å². The summed E-state index contributed by atoms with van der Waals surface area (Å²) in [4.78, 5) is 37.0. The van der Waals surface area contributed by atoms with Crippen molar-refractivity contribution in [3.05, 3.63) is 65.1 Å². The lowest BCUT2D eigenvalue weighted by molar-refractivity contribution is -0.140. The molecule has 5 rings (SSSR count). The molecule has 4 N–H and O–H groups in total. The molecule has 0 bridgehead atoms. The Kier molecular flexibility index (Phi) is 16.8. The van der Waals surface area contributed by atoms with E-state index in [2.05, 4.69) is 42.4 Å². The Morgan fingerprint density at radius 2 is 1.70 bits per heavy atom. The highest BCUT2D eigenvalue weighted by molar-refractivity contribution is 7.82. The maximum Gasteiger partial charge on any atom is 0.331 e. The van der Waals surface area contributed by atoms with Crippen LogP contribution in [0.25, 0.3) is 21.9 Å². The first-order chi connectivity index (χ1) is 28.9. The van der Waals surface area contributed by atoms with Gasteiger partial charge < -0.3 is 33.5 Å². The fourth-order valence-corrected chi connectivity index (χ4v) is 8.79. The number of fused-ring (bicyclic) bond motifs is 1. The minimum atomic E-state index is -2.20. The van der Waals surface area contributed by atoms with Gasteiger partial charge in [-0.3, -0.25) is 19.1 Å². The van der Waals surface area contributed by atoms with Gasteiger partial charge in [0.05, 0.1) is 32.6 Å². The molecule has 15 nitrogen and oxygen atoms in total. The summed E-state index contributed by atoms with van der Waals surface area (Å²) in [5.74, 6) is 1.02. The Balaban J connectivity index is 1.36. The number of hydrogen-bond donors (Lipinski definition) is 4. The van der Waals surface area contributed by atoms with Crippen LogP contribution in [0, 0.1) is 31.2 Å². The number of rotatable bonds is 22. The average Bonchev–Trinajstić information content (AvgIpc) is 3.78. The molecule has 0 saturated heterocycles. The number of carbonyl (C=O) groups excluding carboxylic acids is 2. The van der Waals surface area contributed by atoms with Gasteiger partial charge >= 0.3 is 17.2 Å². The summed E-state index contributed by atoms with van der Waals surface area (Å²) in [6.07, 6.45) is 8.69. The van der Waals surface area contributed by atoms with E-state index in [1.54, 1.807) is 36.4 Å². The molecule has 0 spiro atoms. The van der Waals surface area contributed by atoms with Crippen LogP contribution in [0.15, 0.2) is 42.6 Å².